The van der Waals surface area contributed by atoms with Crippen LogP contribution < -0.4 is 14.8 Å². The third kappa shape index (κ3) is 3.92. The second-order valence-electron chi connectivity index (χ2n) is 5.93. The number of methoxy groups -OCH3 is 2. The van der Waals surface area contributed by atoms with Crippen molar-refractivity contribution < 1.29 is 18.7 Å². The van der Waals surface area contributed by atoms with E-state index in [2.05, 4.69) is 10.3 Å². The van der Waals surface area contributed by atoms with E-state index in [4.69, 9.17) is 9.47 Å². The molecule has 2 aromatic carbocycles. The average molecular weight is 369 g/mol. The average Bonchev–Trinajstić information content (AvgIpc) is 3.11. The van der Waals surface area contributed by atoms with Gasteiger partial charge in [0.25, 0.3) is 5.91 Å². The Hall–Kier alpha value is -3.35. The molecule has 0 radical (unpaired) electrons. The third-order valence-corrected chi connectivity index (χ3v) is 4.26. The van der Waals surface area contributed by atoms with Gasteiger partial charge in [-0.1, -0.05) is 12.1 Å². The molecule has 27 heavy (non-hydrogen) atoms. The van der Waals surface area contributed by atoms with E-state index >= 15 is 0 Å². The van der Waals surface area contributed by atoms with Gasteiger partial charge in [0, 0.05) is 25.0 Å². The highest BCUT2D eigenvalue weighted by Gasteiger charge is 2.22. The Morgan fingerprint density at radius 1 is 1.15 bits per heavy atom. The zero-order chi connectivity index (χ0) is 19.4. The lowest BCUT2D eigenvalue weighted by atomic mass is 10.0. The van der Waals surface area contributed by atoms with Crippen LogP contribution in [0, 0.1) is 5.82 Å². The molecular formula is C20H20FN3O3. The van der Waals surface area contributed by atoms with Crippen LogP contribution in [-0.4, -0.2) is 29.7 Å². The molecule has 3 aromatic rings. The highest BCUT2D eigenvalue weighted by atomic mass is 19.1. The number of aryl methyl sites for hydroxylation is 1. The summed E-state index contributed by atoms with van der Waals surface area (Å²) in [6.07, 6.45) is 3.45. The Morgan fingerprint density at radius 2 is 1.89 bits per heavy atom. The largest absolute Gasteiger partial charge is 0.497 e. The highest BCUT2D eigenvalue weighted by molar-refractivity contribution is 5.94. The van der Waals surface area contributed by atoms with E-state index in [1.165, 1.54) is 19.2 Å². The molecule has 1 heterocycles. The Labute approximate surface area is 156 Å². The molecule has 0 spiro atoms. The fourth-order valence-corrected chi connectivity index (χ4v) is 2.77. The molecule has 6 nitrogen and oxygen atoms in total. The first-order valence-electron chi connectivity index (χ1n) is 8.29. The number of aromatic nitrogens is 2. The van der Waals surface area contributed by atoms with E-state index in [-0.39, 0.29) is 11.3 Å². The number of ether oxygens (including phenoxy) is 2. The predicted molar refractivity (Wildman–Crippen MR) is 98.5 cm³/mol. The van der Waals surface area contributed by atoms with Gasteiger partial charge in [-0.2, -0.15) is 0 Å². The molecule has 1 aromatic heterocycles. The van der Waals surface area contributed by atoms with Crippen LogP contribution in [-0.2, 0) is 7.05 Å². The molecule has 0 aliphatic carbocycles. The molecule has 140 valence electrons. The van der Waals surface area contributed by atoms with Gasteiger partial charge in [0.2, 0.25) is 0 Å². The van der Waals surface area contributed by atoms with Crippen LogP contribution >= 0.6 is 0 Å². The summed E-state index contributed by atoms with van der Waals surface area (Å²) >= 11 is 0. The number of rotatable bonds is 6. The van der Waals surface area contributed by atoms with Gasteiger partial charge in [-0.15, -0.1) is 0 Å². The summed E-state index contributed by atoms with van der Waals surface area (Å²) in [6, 6.07) is 10.9. The first kappa shape index (κ1) is 18.4. The first-order valence-corrected chi connectivity index (χ1v) is 8.29. The Kier molecular flexibility index (Phi) is 5.40. The number of imidazole rings is 1. The maximum atomic E-state index is 14.0. The van der Waals surface area contributed by atoms with E-state index < -0.39 is 17.8 Å². The normalized spacial score (nSPS) is 11.7. The van der Waals surface area contributed by atoms with Gasteiger partial charge < -0.3 is 19.4 Å². The predicted octanol–water partition coefficient (Wildman–Crippen LogP) is 3.10. The molecule has 3 rings (SSSR count). The molecule has 0 fully saturated rings. The van der Waals surface area contributed by atoms with Crippen LogP contribution in [0.15, 0.2) is 54.9 Å². The summed E-state index contributed by atoms with van der Waals surface area (Å²) < 4.78 is 25.9. The lowest BCUT2D eigenvalue weighted by Crippen LogP contribution is -2.31. The van der Waals surface area contributed by atoms with Gasteiger partial charge in [0.1, 0.15) is 17.6 Å². The molecule has 1 atom stereocenters. The van der Waals surface area contributed by atoms with Crippen molar-refractivity contribution in [2.24, 2.45) is 7.05 Å². The molecule has 0 bridgehead atoms. The molecule has 0 saturated carbocycles. The zero-order valence-electron chi connectivity index (χ0n) is 15.3. The Morgan fingerprint density at radius 3 is 2.44 bits per heavy atom. The summed E-state index contributed by atoms with van der Waals surface area (Å²) in [4.78, 5) is 17.1. The maximum absolute atomic E-state index is 14.0. The SMILES string of the molecule is COc1ccc(C(NC(=O)c2ccc(OC)c(F)c2)c2nccn2C)cc1. The molecule has 7 heteroatoms. The summed E-state index contributed by atoms with van der Waals surface area (Å²) in [5.74, 6) is 0.439. The lowest BCUT2D eigenvalue weighted by molar-refractivity contribution is 0.0940. The monoisotopic (exact) mass is 369 g/mol. The van der Waals surface area contributed by atoms with Gasteiger partial charge in [-0.05, 0) is 35.9 Å². The van der Waals surface area contributed by atoms with Crippen LogP contribution in [0.2, 0.25) is 0 Å². The summed E-state index contributed by atoms with van der Waals surface area (Å²) in [5.41, 5.74) is 1.02. The van der Waals surface area contributed by atoms with Gasteiger partial charge in [-0.3, -0.25) is 4.79 Å². The summed E-state index contributed by atoms with van der Waals surface area (Å²) in [7, 11) is 4.81. The lowest BCUT2D eigenvalue weighted by Gasteiger charge is -2.19. The number of hydrogen-bond donors (Lipinski definition) is 1. The van der Waals surface area contributed by atoms with Crippen LogP contribution in [0.1, 0.15) is 27.8 Å². The maximum Gasteiger partial charge on any atom is 0.252 e. The van der Waals surface area contributed by atoms with Crippen LogP contribution in [0.5, 0.6) is 11.5 Å². The number of benzene rings is 2. The van der Waals surface area contributed by atoms with E-state index in [1.807, 2.05) is 35.9 Å². The molecular weight excluding hydrogens is 349 g/mol. The summed E-state index contributed by atoms with van der Waals surface area (Å²) in [6.45, 7) is 0. The minimum absolute atomic E-state index is 0.0855. The fraction of sp³-hybridized carbons (Fsp3) is 0.200. The third-order valence-electron chi connectivity index (χ3n) is 4.26. The second-order valence-corrected chi connectivity index (χ2v) is 5.93. The smallest absolute Gasteiger partial charge is 0.252 e. The fourth-order valence-electron chi connectivity index (χ4n) is 2.77. The minimum atomic E-state index is -0.594. The van der Waals surface area contributed by atoms with E-state index in [0.717, 1.165) is 11.6 Å². The highest BCUT2D eigenvalue weighted by Crippen LogP contribution is 2.24. The van der Waals surface area contributed by atoms with Gasteiger partial charge in [-0.25, -0.2) is 9.37 Å². The quantitative estimate of drug-likeness (QED) is 0.725. The topological polar surface area (TPSA) is 65.4 Å². The van der Waals surface area contributed by atoms with E-state index in [1.54, 1.807) is 19.5 Å². The van der Waals surface area contributed by atoms with E-state index in [9.17, 15) is 9.18 Å². The van der Waals surface area contributed by atoms with Crippen molar-refractivity contribution in [1.82, 2.24) is 14.9 Å². The van der Waals surface area contributed by atoms with Crippen molar-refractivity contribution in [3.8, 4) is 11.5 Å². The van der Waals surface area contributed by atoms with Gasteiger partial charge in [0.15, 0.2) is 11.6 Å². The Balaban J connectivity index is 1.92. The van der Waals surface area contributed by atoms with Crippen molar-refractivity contribution >= 4 is 5.91 Å². The number of carbonyl (C=O) groups excluding carboxylic acids is 1. The van der Waals surface area contributed by atoms with E-state index in [0.29, 0.717) is 11.6 Å². The molecule has 0 aliphatic rings. The molecule has 0 saturated heterocycles. The van der Waals surface area contributed by atoms with Gasteiger partial charge in [0.05, 0.1) is 14.2 Å². The van der Waals surface area contributed by atoms with Crippen molar-refractivity contribution in [3.63, 3.8) is 0 Å². The number of halogens is 1. The summed E-state index contributed by atoms with van der Waals surface area (Å²) in [5, 5.41) is 2.92. The van der Waals surface area contributed by atoms with Gasteiger partial charge >= 0.3 is 0 Å². The molecule has 1 unspecified atom stereocenters. The van der Waals surface area contributed by atoms with Crippen LogP contribution in [0.25, 0.3) is 0 Å². The minimum Gasteiger partial charge on any atom is -0.497 e. The van der Waals surface area contributed by atoms with Crippen molar-refractivity contribution in [1.29, 1.82) is 0 Å². The van der Waals surface area contributed by atoms with Crippen LogP contribution in [0.4, 0.5) is 4.39 Å². The second kappa shape index (κ2) is 7.90. The van der Waals surface area contributed by atoms with Crippen molar-refractivity contribution in [3.05, 3.63) is 77.6 Å². The standard InChI is InChI=1S/C20H20FN3O3/c1-24-11-10-22-19(24)18(13-4-7-15(26-2)8-5-13)23-20(25)14-6-9-17(27-3)16(21)12-14/h4-12,18H,1-3H3,(H,23,25). The molecule has 0 aliphatic heterocycles. The van der Waals surface area contributed by atoms with Crippen LogP contribution in [0.3, 0.4) is 0 Å². The number of amides is 1. The van der Waals surface area contributed by atoms with Crippen molar-refractivity contribution in [2.75, 3.05) is 14.2 Å². The number of carbonyl (C=O) groups is 1. The molecule has 1 N–H and O–H groups in total. The molecule has 1 amide bonds. The number of hydrogen-bond acceptors (Lipinski definition) is 4. The Bertz CT molecular complexity index is 938. The first-order chi connectivity index (χ1) is 13.0. The number of nitrogens with zero attached hydrogens (tertiary/aromatic N) is 2. The van der Waals surface area contributed by atoms with Crippen molar-refractivity contribution in [2.45, 2.75) is 6.04 Å². The zero-order valence-corrected chi connectivity index (χ0v) is 15.3. The number of nitrogens with one attached hydrogen (secondary N) is 1.